The molecule has 0 radical (unpaired) electrons. The zero-order valence-corrected chi connectivity index (χ0v) is 18.8. The van der Waals surface area contributed by atoms with Crippen LogP contribution in [0.4, 0.5) is 0 Å². The maximum atomic E-state index is 6.30. The van der Waals surface area contributed by atoms with Crippen molar-refractivity contribution in [2.45, 2.75) is 38.9 Å². The van der Waals surface area contributed by atoms with Crippen LogP contribution in [-0.4, -0.2) is 27.7 Å². The second-order valence-corrected chi connectivity index (χ2v) is 9.59. The number of fused-ring (bicyclic) bond motifs is 5. The largest absolute Gasteiger partial charge is 0.494 e. The van der Waals surface area contributed by atoms with Gasteiger partial charge < -0.3 is 13.7 Å². The van der Waals surface area contributed by atoms with Gasteiger partial charge in [0.25, 0.3) is 0 Å². The number of rotatable bonds is 2. The van der Waals surface area contributed by atoms with E-state index in [9.17, 15) is 0 Å². The van der Waals surface area contributed by atoms with E-state index in [1.54, 1.807) is 0 Å². The first-order valence-corrected chi connectivity index (χ1v) is 11.1. The van der Waals surface area contributed by atoms with Crippen LogP contribution in [0.3, 0.4) is 0 Å². The predicted molar refractivity (Wildman–Crippen MR) is 131 cm³/mol. The second kappa shape index (κ2) is 6.68. The van der Waals surface area contributed by atoms with Gasteiger partial charge in [-0.2, -0.15) is 0 Å². The lowest BCUT2D eigenvalue weighted by molar-refractivity contribution is 0.00578. The van der Waals surface area contributed by atoms with Crippen LogP contribution >= 0.6 is 0 Å². The molecule has 4 nitrogen and oxygen atoms in total. The van der Waals surface area contributed by atoms with Gasteiger partial charge in [-0.25, -0.2) is 4.98 Å². The van der Waals surface area contributed by atoms with Crippen molar-refractivity contribution in [1.29, 1.82) is 0 Å². The Kier molecular flexibility index (Phi) is 4.08. The topological polar surface area (TPSA) is 35.8 Å². The van der Waals surface area contributed by atoms with Crippen LogP contribution in [0.2, 0.25) is 0 Å². The van der Waals surface area contributed by atoms with Crippen molar-refractivity contribution in [2.75, 3.05) is 0 Å². The van der Waals surface area contributed by atoms with E-state index in [0.29, 0.717) is 0 Å². The van der Waals surface area contributed by atoms with Gasteiger partial charge in [-0.1, -0.05) is 54.6 Å². The molecule has 0 saturated carbocycles. The smallest absolute Gasteiger partial charge is 0.399 e. The van der Waals surface area contributed by atoms with E-state index >= 15 is 0 Å². The Balaban J connectivity index is 1.57. The molecule has 0 N–H and O–H groups in total. The quantitative estimate of drug-likeness (QED) is 0.349. The first-order valence-electron chi connectivity index (χ1n) is 11.1. The number of para-hydroxylation sites is 3. The van der Waals surface area contributed by atoms with Crippen molar-refractivity contribution in [3.63, 3.8) is 0 Å². The Labute approximate surface area is 187 Å². The lowest BCUT2D eigenvalue weighted by atomic mass is 9.78. The number of hydrogen-bond acceptors (Lipinski definition) is 3. The predicted octanol–water partition coefficient (Wildman–Crippen LogP) is 5.61. The number of nitrogens with zero attached hydrogens (tertiary/aromatic N) is 2. The van der Waals surface area contributed by atoms with Crippen LogP contribution in [0.5, 0.6) is 0 Å². The third-order valence-corrected chi connectivity index (χ3v) is 6.99. The zero-order chi connectivity index (χ0) is 22.1. The molecule has 0 aliphatic carbocycles. The van der Waals surface area contributed by atoms with Crippen molar-refractivity contribution in [3.05, 3.63) is 78.9 Å². The molecule has 1 aliphatic rings. The molecule has 2 aromatic heterocycles. The van der Waals surface area contributed by atoms with Gasteiger partial charge in [0.1, 0.15) is 0 Å². The molecule has 5 aromatic rings. The Morgan fingerprint density at radius 3 is 2.19 bits per heavy atom. The third kappa shape index (κ3) is 2.82. The minimum atomic E-state index is -0.401. The van der Waals surface area contributed by atoms with Gasteiger partial charge in [-0.3, -0.25) is 0 Å². The molecule has 0 amide bonds. The highest BCUT2D eigenvalue weighted by Gasteiger charge is 2.51. The summed E-state index contributed by atoms with van der Waals surface area (Å²) in [7, 11) is -0.401. The van der Waals surface area contributed by atoms with E-state index in [4.69, 9.17) is 14.3 Å². The summed E-state index contributed by atoms with van der Waals surface area (Å²) in [6, 6.07) is 27.4. The molecule has 0 spiro atoms. The summed E-state index contributed by atoms with van der Waals surface area (Å²) in [6.07, 6.45) is 0. The van der Waals surface area contributed by atoms with Crippen LogP contribution in [0.25, 0.3) is 38.7 Å². The van der Waals surface area contributed by atoms with Crippen LogP contribution in [0.15, 0.2) is 78.9 Å². The fraction of sp³-hybridized carbons (Fsp3) is 0.222. The van der Waals surface area contributed by atoms with Crippen molar-refractivity contribution in [2.24, 2.45) is 0 Å². The van der Waals surface area contributed by atoms with E-state index in [1.165, 1.54) is 10.9 Å². The first-order chi connectivity index (χ1) is 15.3. The zero-order valence-electron chi connectivity index (χ0n) is 18.8. The highest BCUT2D eigenvalue weighted by molar-refractivity contribution is 6.62. The van der Waals surface area contributed by atoms with Gasteiger partial charge in [-0.05, 0) is 57.4 Å². The summed E-state index contributed by atoms with van der Waals surface area (Å²) in [5.74, 6) is 0. The van der Waals surface area contributed by atoms with E-state index < -0.39 is 7.12 Å². The average molecular weight is 420 g/mol. The molecule has 3 aromatic carbocycles. The molecular weight excluding hydrogens is 395 g/mol. The van der Waals surface area contributed by atoms with Crippen LogP contribution in [-0.2, 0) is 9.31 Å². The molecule has 0 unspecified atom stereocenters. The van der Waals surface area contributed by atoms with Crippen LogP contribution in [0.1, 0.15) is 27.7 Å². The van der Waals surface area contributed by atoms with E-state index in [0.717, 1.165) is 33.3 Å². The second-order valence-electron chi connectivity index (χ2n) is 9.59. The Hall–Kier alpha value is -3.15. The van der Waals surface area contributed by atoms with Gasteiger partial charge in [0.2, 0.25) is 0 Å². The summed E-state index contributed by atoms with van der Waals surface area (Å²) < 4.78 is 14.9. The number of aromatic nitrogens is 2. The molecule has 1 fully saturated rings. The third-order valence-electron chi connectivity index (χ3n) is 6.99. The molecule has 1 aliphatic heterocycles. The summed E-state index contributed by atoms with van der Waals surface area (Å²) in [6.45, 7) is 8.32. The SMILES string of the molecule is CC1(C)OB(c2cccc(-c3nc4ccccc4n4c3cc3ccccc34)c2)OC1(C)C. The Bertz CT molecular complexity index is 1490. The van der Waals surface area contributed by atoms with Gasteiger partial charge in [0, 0.05) is 10.9 Å². The van der Waals surface area contributed by atoms with E-state index in [2.05, 4.69) is 105 Å². The lowest BCUT2D eigenvalue weighted by Crippen LogP contribution is -2.41. The highest BCUT2D eigenvalue weighted by atomic mass is 16.7. The average Bonchev–Trinajstić information content (AvgIpc) is 3.27. The summed E-state index contributed by atoms with van der Waals surface area (Å²) >= 11 is 0. The molecule has 0 bridgehead atoms. The van der Waals surface area contributed by atoms with Crippen molar-refractivity contribution in [3.8, 4) is 11.3 Å². The molecule has 0 atom stereocenters. The maximum Gasteiger partial charge on any atom is 0.494 e. The molecule has 32 heavy (non-hydrogen) atoms. The molecule has 1 saturated heterocycles. The number of benzene rings is 3. The van der Waals surface area contributed by atoms with E-state index in [1.807, 2.05) is 6.07 Å². The van der Waals surface area contributed by atoms with Gasteiger partial charge in [0.05, 0.1) is 39.0 Å². The summed E-state index contributed by atoms with van der Waals surface area (Å²) in [5, 5.41) is 1.20. The highest BCUT2D eigenvalue weighted by Crippen LogP contribution is 2.37. The van der Waals surface area contributed by atoms with Gasteiger partial charge in [-0.15, -0.1) is 0 Å². The van der Waals surface area contributed by atoms with Crippen molar-refractivity contribution < 1.29 is 9.31 Å². The summed E-state index contributed by atoms with van der Waals surface area (Å²) in [4.78, 5) is 5.09. The van der Waals surface area contributed by atoms with Crippen LogP contribution in [0, 0.1) is 0 Å². The molecule has 158 valence electrons. The minimum Gasteiger partial charge on any atom is -0.399 e. The molecular formula is C27H25BN2O2. The van der Waals surface area contributed by atoms with Crippen molar-refractivity contribution in [1.82, 2.24) is 9.38 Å². The number of hydrogen-bond donors (Lipinski definition) is 0. The fourth-order valence-corrected chi connectivity index (χ4v) is 4.54. The van der Waals surface area contributed by atoms with Crippen molar-refractivity contribution >= 4 is 40.0 Å². The molecule has 3 heterocycles. The first kappa shape index (κ1) is 19.5. The van der Waals surface area contributed by atoms with E-state index in [-0.39, 0.29) is 11.2 Å². The standard InChI is InChI=1S/C27H25BN2O2/c1-26(2)27(3,4)32-28(31-26)20-12-9-11-19(16-20)25-24-17-18-10-5-7-14-22(18)30(24)23-15-8-6-13-21(23)29-25/h5-17H,1-4H3. The van der Waals surface area contributed by atoms with Gasteiger partial charge in [0.15, 0.2) is 0 Å². The maximum absolute atomic E-state index is 6.30. The van der Waals surface area contributed by atoms with Crippen LogP contribution < -0.4 is 5.46 Å². The fourth-order valence-electron chi connectivity index (χ4n) is 4.54. The van der Waals surface area contributed by atoms with Gasteiger partial charge >= 0.3 is 7.12 Å². The molecule has 5 heteroatoms. The monoisotopic (exact) mass is 420 g/mol. The normalized spacial score (nSPS) is 17.6. The Morgan fingerprint density at radius 2 is 1.41 bits per heavy atom. The molecule has 6 rings (SSSR count). The Morgan fingerprint density at radius 1 is 0.719 bits per heavy atom. The lowest BCUT2D eigenvalue weighted by Gasteiger charge is -2.32. The minimum absolute atomic E-state index is 0.374. The summed E-state index contributed by atoms with van der Waals surface area (Å²) in [5.41, 5.74) is 6.62.